The number of nitrogens with one attached hydrogen (secondary N) is 2. The van der Waals surface area contributed by atoms with Gasteiger partial charge in [0.05, 0.1) is 11.2 Å². The first-order valence-electron chi connectivity index (χ1n) is 11.8. The van der Waals surface area contributed by atoms with Crippen LogP contribution in [0.4, 0.5) is 19.0 Å². The first kappa shape index (κ1) is 21.2. The van der Waals surface area contributed by atoms with Crippen molar-refractivity contribution >= 4 is 16.7 Å². The molecule has 7 rings (SSSR count). The Hall–Kier alpha value is -3.35. The summed E-state index contributed by atoms with van der Waals surface area (Å²) in [7, 11) is 0. The molecule has 2 atom stereocenters. The minimum absolute atomic E-state index is 0.208. The third-order valence-corrected chi connectivity index (χ3v) is 7.76. The number of aromatic nitrogens is 3. The molecule has 2 heterocycles. The van der Waals surface area contributed by atoms with Crippen LogP contribution in [0.5, 0.6) is 0 Å². The van der Waals surface area contributed by atoms with E-state index < -0.39 is 11.6 Å². The highest BCUT2D eigenvalue weighted by atomic mass is 19.1. The predicted molar refractivity (Wildman–Crippen MR) is 127 cm³/mol. The fourth-order valence-electron chi connectivity index (χ4n) is 5.92. The average molecular weight is 463 g/mol. The smallest absolute Gasteiger partial charge is 0.164 e. The molecule has 2 N–H and O–H groups in total. The number of nitrogens with zero attached hydrogens (tertiary/aromatic N) is 2. The van der Waals surface area contributed by atoms with E-state index in [4.69, 9.17) is 9.97 Å². The van der Waals surface area contributed by atoms with Gasteiger partial charge in [0, 0.05) is 40.9 Å². The Morgan fingerprint density at radius 3 is 2.35 bits per heavy atom. The normalized spacial score (nSPS) is 24.0. The van der Waals surface area contributed by atoms with Crippen LogP contribution in [0, 0.1) is 35.2 Å². The van der Waals surface area contributed by atoms with Crippen LogP contribution in [0.25, 0.3) is 33.5 Å². The minimum atomic E-state index is -0.665. The molecule has 3 aliphatic rings. The fraction of sp³-hybridized carbons (Fsp3) is 0.333. The van der Waals surface area contributed by atoms with Crippen molar-refractivity contribution in [3.8, 4) is 22.6 Å². The van der Waals surface area contributed by atoms with Gasteiger partial charge < -0.3 is 10.3 Å². The van der Waals surface area contributed by atoms with Crippen molar-refractivity contribution in [3.05, 3.63) is 66.1 Å². The maximum absolute atomic E-state index is 14.3. The lowest BCUT2D eigenvalue weighted by Gasteiger charge is -2.47. The second-order valence-corrected chi connectivity index (χ2v) is 9.69. The number of anilines is 1. The second-order valence-electron chi connectivity index (χ2n) is 9.69. The molecule has 174 valence electrons. The molecule has 3 aliphatic carbocycles. The number of rotatable bonds is 4. The number of aromatic amines is 1. The van der Waals surface area contributed by atoms with E-state index in [0.717, 1.165) is 17.5 Å². The van der Waals surface area contributed by atoms with Crippen LogP contribution in [0.3, 0.4) is 0 Å². The molecule has 34 heavy (non-hydrogen) atoms. The topological polar surface area (TPSA) is 53.6 Å². The maximum atomic E-state index is 14.3. The fourth-order valence-corrected chi connectivity index (χ4v) is 5.92. The third-order valence-electron chi connectivity index (χ3n) is 7.76. The van der Waals surface area contributed by atoms with Gasteiger partial charge in [0.2, 0.25) is 0 Å². The van der Waals surface area contributed by atoms with Gasteiger partial charge >= 0.3 is 0 Å². The zero-order chi connectivity index (χ0) is 23.4. The van der Waals surface area contributed by atoms with E-state index in [-0.39, 0.29) is 11.3 Å². The molecular formula is C27H25F3N4. The Morgan fingerprint density at radius 1 is 0.882 bits per heavy atom. The quantitative estimate of drug-likeness (QED) is 0.345. The maximum Gasteiger partial charge on any atom is 0.164 e. The Labute approximate surface area is 195 Å². The highest BCUT2D eigenvalue weighted by molar-refractivity contribution is 5.94. The number of hydrogen-bond acceptors (Lipinski definition) is 3. The molecule has 0 saturated heterocycles. The Bertz CT molecular complexity index is 1350. The van der Waals surface area contributed by atoms with E-state index in [0.29, 0.717) is 46.2 Å². The lowest BCUT2D eigenvalue weighted by Crippen LogP contribution is -2.47. The Morgan fingerprint density at radius 2 is 1.62 bits per heavy atom. The van der Waals surface area contributed by atoms with E-state index in [1.807, 2.05) is 6.07 Å². The van der Waals surface area contributed by atoms with Crippen molar-refractivity contribution in [2.24, 2.45) is 17.8 Å². The summed E-state index contributed by atoms with van der Waals surface area (Å²) < 4.78 is 41.9. The second kappa shape index (κ2) is 8.15. The van der Waals surface area contributed by atoms with Gasteiger partial charge in [0.15, 0.2) is 5.82 Å². The average Bonchev–Trinajstić information content (AvgIpc) is 3.26. The van der Waals surface area contributed by atoms with Crippen molar-refractivity contribution in [1.29, 1.82) is 0 Å². The summed E-state index contributed by atoms with van der Waals surface area (Å²) in [6, 6.07) is 10.5. The molecule has 2 aromatic heterocycles. The van der Waals surface area contributed by atoms with Crippen molar-refractivity contribution < 1.29 is 13.2 Å². The van der Waals surface area contributed by atoms with Crippen LogP contribution >= 0.6 is 0 Å². The van der Waals surface area contributed by atoms with Crippen molar-refractivity contribution in [1.82, 2.24) is 15.0 Å². The van der Waals surface area contributed by atoms with E-state index in [1.54, 1.807) is 18.3 Å². The number of H-pyrrole nitrogens is 1. The van der Waals surface area contributed by atoms with E-state index in [2.05, 4.69) is 17.2 Å². The molecule has 2 unspecified atom stereocenters. The summed E-state index contributed by atoms with van der Waals surface area (Å²) in [6.07, 6.45) is 6.61. The highest BCUT2D eigenvalue weighted by Crippen LogP contribution is 2.46. The molecule has 3 saturated carbocycles. The number of hydrogen-bond donors (Lipinski definition) is 2. The molecule has 0 spiro atoms. The summed E-state index contributed by atoms with van der Waals surface area (Å²) in [5.74, 6) is 1.23. The van der Waals surface area contributed by atoms with Crippen molar-refractivity contribution in [2.45, 2.75) is 38.6 Å². The monoisotopic (exact) mass is 462 g/mol. The molecule has 4 nitrogen and oxygen atoms in total. The zero-order valence-electron chi connectivity index (χ0n) is 18.8. The number of benzene rings is 2. The standard InChI is InChI=1S/C27H25F3N4/c1-14-15-2-4-17(5-3-15)25(14)33-24-12-23(16-6-8-18(28)9-7-16)32-27(34-24)21-13-31-26-20(21)10-19(29)11-22(26)30/h6-15,17,25,31H,2-5H2,1H3,(H,32,33,34). The lowest BCUT2D eigenvalue weighted by atomic mass is 9.62. The van der Waals surface area contributed by atoms with Crippen molar-refractivity contribution in [3.63, 3.8) is 0 Å². The largest absolute Gasteiger partial charge is 0.367 e. The number of fused-ring (bicyclic) bond motifs is 4. The van der Waals surface area contributed by atoms with Gasteiger partial charge in [-0.05, 0) is 73.8 Å². The molecule has 2 bridgehead atoms. The first-order chi connectivity index (χ1) is 16.5. The number of halogens is 3. The summed E-state index contributed by atoms with van der Waals surface area (Å²) in [5.41, 5.74) is 2.08. The van der Waals surface area contributed by atoms with E-state index in [9.17, 15) is 13.2 Å². The van der Waals surface area contributed by atoms with Gasteiger partial charge in [0.25, 0.3) is 0 Å². The summed E-state index contributed by atoms with van der Waals surface area (Å²) in [6.45, 7) is 2.31. The SMILES string of the molecule is CC1C2CCC(CC2)C1Nc1cc(-c2ccc(F)cc2)nc(-c2c[nH]c3c(F)cc(F)cc23)n1. The van der Waals surface area contributed by atoms with Crippen LogP contribution in [0.2, 0.25) is 0 Å². The van der Waals surface area contributed by atoms with Gasteiger partial charge in [-0.25, -0.2) is 23.1 Å². The van der Waals surface area contributed by atoms with Gasteiger partial charge in [-0.3, -0.25) is 0 Å². The summed E-state index contributed by atoms with van der Waals surface area (Å²) >= 11 is 0. The molecular weight excluding hydrogens is 437 g/mol. The van der Waals surface area contributed by atoms with Gasteiger partial charge in [-0.1, -0.05) is 6.92 Å². The Kier molecular flexibility index (Phi) is 5.08. The third kappa shape index (κ3) is 3.63. The molecule has 3 fully saturated rings. The van der Waals surface area contributed by atoms with Crippen LogP contribution in [-0.2, 0) is 0 Å². The minimum Gasteiger partial charge on any atom is -0.367 e. The van der Waals surface area contributed by atoms with Crippen LogP contribution < -0.4 is 5.32 Å². The molecule has 2 aromatic carbocycles. The molecule has 0 amide bonds. The molecule has 0 radical (unpaired) electrons. The van der Waals surface area contributed by atoms with Gasteiger partial charge in [-0.2, -0.15) is 0 Å². The van der Waals surface area contributed by atoms with Crippen molar-refractivity contribution in [2.75, 3.05) is 5.32 Å². The molecule has 7 heteroatoms. The van der Waals surface area contributed by atoms with E-state index in [1.165, 1.54) is 43.9 Å². The molecule has 4 aromatic rings. The summed E-state index contributed by atoms with van der Waals surface area (Å²) in [5, 5.41) is 4.05. The van der Waals surface area contributed by atoms with Crippen LogP contribution in [0.1, 0.15) is 32.6 Å². The van der Waals surface area contributed by atoms with E-state index >= 15 is 0 Å². The Balaban J connectivity index is 1.47. The molecule has 0 aliphatic heterocycles. The lowest BCUT2D eigenvalue weighted by molar-refractivity contribution is 0.0928. The van der Waals surface area contributed by atoms with Gasteiger partial charge in [-0.15, -0.1) is 0 Å². The predicted octanol–water partition coefficient (Wildman–Crippen LogP) is 6.95. The van der Waals surface area contributed by atoms with Crippen LogP contribution in [0.15, 0.2) is 48.7 Å². The highest BCUT2D eigenvalue weighted by Gasteiger charge is 2.41. The first-order valence-corrected chi connectivity index (χ1v) is 11.8. The summed E-state index contributed by atoms with van der Waals surface area (Å²) in [4.78, 5) is 12.4. The van der Waals surface area contributed by atoms with Crippen LogP contribution in [-0.4, -0.2) is 21.0 Å². The van der Waals surface area contributed by atoms with Gasteiger partial charge in [0.1, 0.15) is 23.3 Å². The zero-order valence-corrected chi connectivity index (χ0v) is 18.8.